The maximum absolute atomic E-state index is 14.0. The number of hydrogen-bond donors (Lipinski definition) is 1. The average Bonchev–Trinajstić information content (AvgIpc) is 2.74. The summed E-state index contributed by atoms with van der Waals surface area (Å²) in [5, 5.41) is 0.167. The molecule has 0 unspecified atom stereocenters. The number of aromatic nitrogens is 3. The third-order valence-electron chi connectivity index (χ3n) is 4.79. The second kappa shape index (κ2) is 8.89. The molecule has 0 aliphatic heterocycles. The molecule has 0 aliphatic carbocycles. The molecule has 2 heterocycles. The predicted molar refractivity (Wildman–Crippen MR) is 110 cm³/mol. The lowest BCUT2D eigenvalue weighted by Gasteiger charge is -2.21. The SMILES string of the molecule is CCCn1c(=O)[nH]c(=O)c2cc(C(=O)N(CC)Cc3ccc(OC)c(F)c3)cnc21. The molecule has 0 bridgehead atoms. The van der Waals surface area contributed by atoms with Crippen molar-refractivity contribution in [3.8, 4) is 5.75 Å². The minimum absolute atomic E-state index is 0.129. The first-order valence-electron chi connectivity index (χ1n) is 9.64. The third-order valence-corrected chi connectivity index (χ3v) is 4.79. The maximum atomic E-state index is 14.0. The van der Waals surface area contributed by atoms with E-state index in [9.17, 15) is 18.8 Å². The number of nitrogens with zero attached hydrogens (tertiary/aromatic N) is 3. The molecule has 2 aromatic heterocycles. The second-order valence-electron chi connectivity index (χ2n) is 6.79. The van der Waals surface area contributed by atoms with Crippen LogP contribution in [-0.4, -0.2) is 39.0 Å². The van der Waals surface area contributed by atoms with E-state index in [1.54, 1.807) is 13.0 Å². The van der Waals surface area contributed by atoms with Crippen molar-refractivity contribution < 1.29 is 13.9 Å². The van der Waals surface area contributed by atoms with Gasteiger partial charge in [0.1, 0.15) is 5.65 Å². The predicted octanol–water partition coefficient (Wildman–Crippen LogP) is 2.30. The number of H-pyrrole nitrogens is 1. The van der Waals surface area contributed by atoms with E-state index < -0.39 is 17.1 Å². The van der Waals surface area contributed by atoms with Crippen molar-refractivity contribution in [3.05, 3.63) is 68.2 Å². The number of fused-ring (bicyclic) bond motifs is 1. The molecule has 0 atom stereocenters. The van der Waals surface area contributed by atoms with Crippen LogP contribution >= 0.6 is 0 Å². The number of methoxy groups -OCH3 is 1. The van der Waals surface area contributed by atoms with Crippen LogP contribution in [0.15, 0.2) is 40.1 Å². The molecule has 1 N–H and O–H groups in total. The molecule has 158 valence electrons. The first-order valence-corrected chi connectivity index (χ1v) is 9.64. The number of benzene rings is 1. The van der Waals surface area contributed by atoms with Crippen LogP contribution in [0.4, 0.5) is 4.39 Å². The lowest BCUT2D eigenvalue weighted by Crippen LogP contribution is -2.32. The van der Waals surface area contributed by atoms with Crippen molar-refractivity contribution in [2.24, 2.45) is 0 Å². The Labute approximate surface area is 171 Å². The number of aromatic amines is 1. The monoisotopic (exact) mass is 414 g/mol. The Hall–Kier alpha value is -3.49. The molecule has 1 aromatic carbocycles. The van der Waals surface area contributed by atoms with E-state index in [0.29, 0.717) is 25.1 Å². The van der Waals surface area contributed by atoms with Gasteiger partial charge in [0.2, 0.25) is 0 Å². The van der Waals surface area contributed by atoms with Crippen LogP contribution < -0.4 is 16.0 Å². The fraction of sp³-hybridized carbons (Fsp3) is 0.333. The van der Waals surface area contributed by atoms with Crippen molar-refractivity contribution in [3.63, 3.8) is 0 Å². The topological polar surface area (TPSA) is 97.3 Å². The smallest absolute Gasteiger partial charge is 0.329 e. The molecule has 1 amide bonds. The number of carbonyl (C=O) groups is 1. The maximum Gasteiger partial charge on any atom is 0.329 e. The van der Waals surface area contributed by atoms with Gasteiger partial charge in [0.25, 0.3) is 11.5 Å². The van der Waals surface area contributed by atoms with Crippen molar-refractivity contribution in [2.75, 3.05) is 13.7 Å². The Kier molecular flexibility index (Phi) is 6.29. The van der Waals surface area contributed by atoms with Gasteiger partial charge in [-0.2, -0.15) is 0 Å². The lowest BCUT2D eigenvalue weighted by atomic mass is 10.1. The first kappa shape index (κ1) is 21.2. The molecule has 0 spiro atoms. The molecule has 0 saturated heterocycles. The highest BCUT2D eigenvalue weighted by Crippen LogP contribution is 2.19. The zero-order valence-electron chi connectivity index (χ0n) is 17.1. The van der Waals surface area contributed by atoms with Gasteiger partial charge in [-0.25, -0.2) is 14.2 Å². The van der Waals surface area contributed by atoms with Crippen molar-refractivity contribution in [1.82, 2.24) is 19.4 Å². The highest BCUT2D eigenvalue weighted by molar-refractivity contribution is 5.96. The highest BCUT2D eigenvalue weighted by atomic mass is 19.1. The number of nitrogens with one attached hydrogen (secondary N) is 1. The van der Waals surface area contributed by atoms with Crippen molar-refractivity contribution in [1.29, 1.82) is 0 Å². The fourth-order valence-corrected chi connectivity index (χ4v) is 3.25. The van der Waals surface area contributed by atoms with E-state index in [4.69, 9.17) is 4.74 Å². The Morgan fingerprint density at radius 3 is 2.67 bits per heavy atom. The Balaban J connectivity index is 1.95. The number of hydrogen-bond acceptors (Lipinski definition) is 5. The van der Waals surface area contributed by atoms with Gasteiger partial charge in [-0.15, -0.1) is 0 Å². The average molecular weight is 414 g/mol. The molecule has 0 radical (unpaired) electrons. The van der Waals surface area contributed by atoms with Gasteiger partial charge >= 0.3 is 5.69 Å². The molecular formula is C21H23FN4O4. The van der Waals surface area contributed by atoms with Gasteiger partial charge < -0.3 is 9.64 Å². The number of aryl methyl sites for hydroxylation is 1. The van der Waals surface area contributed by atoms with E-state index >= 15 is 0 Å². The van der Waals surface area contributed by atoms with Gasteiger partial charge in [0.05, 0.1) is 18.1 Å². The van der Waals surface area contributed by atoms with E-state index in [-0.39, 0.29) is 34.8 Å². The summed E-state index contributed by atoms with van der Waals surface area (Å²) in [6.45, 7) is 4.66. The van der Waals surface area contributed by atoms with E-state index in [0.717, 1.165) is 0 Å². The molecule has 9 heteroatoms. The molecule has 0 aliphatic rings. The Bertz CT molecular complexity index is 1200. The van der Waals surface area contributed by atoms with E-state index in [1.165, 1.54) is 41.0 Å². The largest absolute Gasteiger partial charge is 0.494 e. The van der Waals surface area contributed by atoms with Gasteiger partial charge in [0.15, 0.2) is 11.6 Å². The summed E-state index contributed by atoms with van der Waals surface area (Å²) in [6.07, 6.45) is 2.04. The minimum Gasteiger partial charge on any atom is -0.494 e. The van der Waals surface area contributed by atoms with Crippen LogP contribution in [0.3, 0.4) is 0 Å². The van der Waals surface area contributed by atoms with E-state index in [2.05, 4.69) is 9.97 Å². The van der Waals surface area contributed by atoms with Crippen LogP contribution in [0.2, 0.25) is 0 Å². The van der Waals surface area contributed by atoms with Crippen LogP contribution in [0.25, 0.3) is 11.0 Å². The number of carbonyl (C=O) groups excluding carboxylic acids is 1. The number of rotatable bonds is 7. The third kappa shape index (κ3) is 4.10. The number of ether oxygens (including phenoxy) is 1. The highest BCUT2D eigenvalue weighted by Gasteiger charge is 2.18. The summed E-state index contributed by atoms with van der Waals surface area (Å²) in [5.41, 5.74) is -0.0674. The van der Waals surface area contributed by atoms with Gasteiger partial charge in [-0.3, -0.25) is 19.1 Å². The molecule has 3 aromatic rings. The van der Waals surface area contributed by atoms with Crippen LogP contribution in [0, 0.1) is 5.82 Å². The lowest BCUT2D eigenvalue weighted by molar-refractivity contribution is 0.0752. The molecule has 0 fully saturated rings. The molecule has 8 nitrogen and oxygen atoms in total. The summed E-state index contributed by atoms with van der Waals surface area (Å²) >= 11 is 0. The zero-order valence-corrected chi connectivity index (χ0v) is 17.1. The van der Waals surface area contributed by atoms with Crippen LogP contribution in [0.1, 0.15) is 36.2 Å². The van der Waals surface area contributed by atoms with Crippen molar-refractivity contribution >= 4 is 16.9 Å². The molecular weight excluding hydrogens is 391 g/mol. The van der Waals surface area contributed by atoms with Crippen LogP contribution in [0.5, 0.6) is 5.75 Å². The zero-order chi connectivity index (χ0) is 21.8. The van der Waals surface area contributed by atoms with Gasteiger partial charge in [-0.1, -0.05) is 13.0 Å². The Morgan fingerprint density at radius 2 is 2.03 bits per heavy atom. The fourth-order valence-electron chi connectivity index (χ4n) is 3.25. The van der Waals surface area contributed by atoms with E-state index in [1.807, 2.05) is 6.92 Å². The van der Waals surface area contributed by atoms with Gasteiger partial charge in [0, 0.05) is 25.8 Å². The number of pyridine rings is 1. The summed E-state index contributed by atoms with van der Waals surface area (Å²) in [7, 11) is 1.38. The first-order chi connectivity index (χ1) is 14.4. The standard InChI is InChI=1S/C21H23FN4O4/c1-4-8-26-18-15(19(27)24-21(26)29)10-14(11-23-18)20(28)25(5-2)12-13-6-7-17(30-3)16(22)9-13/h6-7,9-11H,4-5,8,12H2,1-3H3,(H,24,27,29). The summed E-state index contributed by atoms with van der Waals surface area (Å²) < 4.78 is 20.3. The summed E-state index contributed by atoms with van der Waals surface area (Å²) in [4.78, 5) is 45.3. The van der Waals surface area contributed by atoms with Crippen LogP contribution in [-0.2, 0) is 13.1 Å². The molecule has 0 saturated carbocycles. The summed E-state index contributed by atoms with van der Waals surface area (Å²) in [5.74, 6) is -0.730. The molecule has 3 rings (SSSR count). The normalized spacial score (nSPS) is 10.9. The molecule has 30 heavy (non-hydrogen) atoms. The van der Waals surface area contributed by atoms with Crippen molar-refractivity contribution in [2.45, 2.75) is 33.4 Å². The quantitative estimate of drug-likeness (QED) is 0.640. The number of amides is 1. The second-order valence-corrected chi connectivity index (χ2v) is 6.79. The number of halogens is 1. The minimum atomic E-state index is -0.593. The summed E-state index contributed by atoms with van der Waals surface area (Å²) in [6, 6.07) is 5.95. The Morgan fingerprint density at radius 1 is 1.27 bits per heavy atom. The van der Waals surface area contributed by atoms with Gasteiger partial charge in [-0.05, 0) is 37.1 Å².